The molecule has 0 fully saturated rings. The van der Waals surface area contributed by atoms with E-state index >= 15 is 0 Å². The zero-order valence-electron chi connectivity index (χ0n) is 10.9. The number of benzene rings is 1. The van der Waals surface area contributed by atoms with Crippen LogP contribution < -0.4 is 15.2 Å². The van der Waals surface area contributed by atoms with Gasteiger partial charge in [0.15, 0.2) is 5.82 Å². The van der Waals surface area contributed by atoms with E-state index in [0.29, 0.717) is 16.0 Å². The Morgan fingerprint density at radius 2 is 2.00 bits per heavy atom. The van der Waals surface area contributed by atoms with Gasteiger partial charge in [-0.25, -0.2) is 18.4 Å². The van der Waals surface area contributed by atoms with Crippen LogP contribution >= 0.6 is 15.9 Å². The number of hydrogen-bond acceptors (Lipinski definition) is 6. The molecule has 3 N–H and O–H groups in total. The van der Waals surface area contributed by atoms with Gasteiger partial charge in [-0.2, -0.15) is 0 Å². The molecule has 0 bridgehead atoms. The molecule has 7 nitrogen and oxygen atoms in total. The number of aromatic nitrogens is 2. The summed E-state index contributed by atoms with van der Waals surface area (Å²) >= 11 is 3.12. The highest BCUT2D eigenvalue weighted by atomic mass is 79.9. The number of rotatable bonds is 6. The fourth-order valence-electron chi connectivity index (χ4n) is 1.45. The fourth-order valence-corrected chi connectivity index (χ4v) is 2.48. The van der Waals surface area contributed by atoms with Gasteiger partial charge in [-0.3, -0.25) is 4.72 Å². The number of hydrogen-bond donors (Lipinski definition) is 2. The van der Waals surface area contributed by atoms with Crippen molar-refractivity contribution >= 4 is 37.5 Å². The molecule has 0 aliphatic heterocycles. The quantitative estimate of drug-likeness (QED) is 0.746. The number of nitrogen functional groups attached to an aromatic ring is 1. The van der Waals surface area contributed by atoms with Crippen molar-refractivity contribution in [2.24, 2.45) is 0 Å². The molecule has 0 spiro atoms. The Morgan fingerprint density at radius 3 is 2.67 bits per heavy atom. The lowest BCUT2D eigenvalue weighted by atomic mass is 10.3. The molecule has 0 atom stereocenters. The summed E-state index contributed by atoms with van der Waals surface area (Å²) in [5, 5.41) is 0. The molecular formula is C12H13BrN4O3S. The second-order valence-electron chi connectivity index (χ2n) is 4.03. The SMILES string of the molecule is Nc1ccccc1OCCS(=O)(=O)Nc1cnc(Br)cn1. The van der Waals surface area contributed by atoms with Gasteiger partial charge in [0.1, 0.15) is 22.7 Å². The monoisotopic (exact) mass is 372 g/mol. The lowest BCUT2D eigenvalue weighted by Crippen LogP contribution is -2.22. The maximum Gasteiger partial charge on any atom is 0.237 e. The third kappa shape index (κ3) is 4.87. The first-order valence-electron chi connectivity index (χ1n) is 5.91. The summed E-state index contributed by atoms with van der Waals surface area (Å²) in [5.41, 5.74) is 6.16. The molecular weight excluding hydrogens is 360 g/mol. The number of para-hydroxylation sites is 2. The van der Waals surface area contributed by atoms with Gasteiger partial charge >= 0.3 is 0 Å². The maximum absolute atomic E-state index is 11.9. The summed E-state index contributed by atoms with van der Waals surface area (Å²) in [6, 6.07) is 6.89. The Morgan fingerprint density at radius 1 is 1.24 bits per heavy atom. The largest absolute Gasteiger partial charge is 0.490 e. The topological polar surface area (TPSA) is 107 Å². The zero-order valence-corrected chi connectivity index (χ0v) is 13.3. The zero-order chi connectivity index (χ0) is 15.3. The van der Waals surface area contributed by atoms with Gasteiger partial charge in [0.05, 0.1) is 18.1 Å². The summed E-state index contributed by atoms with van der Waals surface area (Å²) < 4.78 is 31.9. The van der Waals surface area contributed by atoms with Crippen molar-refractivity contribution in [1.29, 1.82) is 0 Å². The number of halogens is 1. The van der Waals surface area contributed by atoms with Gasteiger partial charge in [-0.15, -0.1) is 0 Å². The van der Waals surface area contributed by atoms with Crippen molar-refractivity contribution in [3.63, 3.8) is 0 Å². The predicted octanol–water partition coefficient (Wildman–Crippen LogP) is 1.64. The van der Waals surface area contributed by atoms with Gasteiger partial charge in [0.25, 0.3) is 0 Å². The Bertz CT molecular complexity index is 707. The Hall–Kier alpha value is -1.87. The van der Waals surface area contributed by atoms with Crippen LogP contribution in [0.4, 0.5) is 11.5 Å². The summed E-state index contributed by atoms with van der Waals surface area (Å²) in [6.45, 7) is -0.0203. The van der Waals surface area contributed by atoms with Crippen molar-refractivity contribution in [3.8, 4) is 5.75 Å². The van der Waals surface area contributed by atoms with E-state index in [2.05, 4.69) is 30.6 Å². The molecule has 2 rings (SSSR count). The van der Waals surface area contributed by atoms with Crippen molar-refractivity contribution in [2.45, 2.75) is 0 Å². The van der Waals surface area contributed by atoms with Gasteiger partial charge < -0.3 is 10.5 Å². The molecule has 9 heteroatoms. The minimum absolute atomic E-state index is 0.0203. The number of ether oxygens (including phenoxy) is 1. The molecule has 0 unspecified atom stereocenters. The first-order valence-corrected chi connectivity index (χ1v) is 8.36. The van der Waals surface area contributed by atoms with Gasteiger partial charge in [0.2, 0.25) is 10.0 Å². The average molecular weight is 373 g/mol. The van der Waals surface area contributed by atoms with Crippen molar-refractivity contribution < 1.29 is 13.2 Å². The van der Waals surface area contributed by atoms with E-state index in [4.69, 9.17) is 10.5 Å². The smallest absolute Gasteiger partial charge is 0.237 e. The lowest BCUT2D eigenvalue weighted by molar-refractivity contribution is 0.343. The molecule has 112 valence electrons. The van der Waals surface area contributed by atoms with Crippen LogP contribution in [0.2, 0.25) is 0 Å². The van der Waals surface area contributed by atoms with Crippen molar-refractivity contribution in [1.82, 2.24) is 9.97 Å². The average Bonchev–Trinajstić information content (AvgIpc) is 2.43. The Balaban J connectivity index is 1.90. The molecule has 0 amide bonds. The summed E-state index contributed by atoms with van der Waals surface area (Å²) in [4.78, 5) is 7.77. The molecule has 0 saturated carbocycles. The second kappa shape index (κ2) is 6.72. The number of nitrogens with zero attached hydrogens (tertiary/aromatic N) is 2. The van der Waals surface area contributed by atoms with Gasteiger partial charge in [-0.1, -0.05) is 12.1 Å². The maximum atomic E-state index is 11.9. The van der Waals surface area contributed by atoms with Gasteiger partial charge in [0, 0.05) is 0 Å². The standard InChI is InChI=1S/C12H13BrN4O3S/c13-11-7-16-12(8-15-11)17-21(18,19)6-5-20-10-4-2-1-3-9(10)14/h1-4,7-8H,5-6,14H2,(H,16,17). The molecule has 0 aliphatic rings. The molecule has 2 aromatic rings. The first-order chi connectivity index (χ1) is 9.96. The molecule has 0 radical (unpaired) electrons. The number of sulfonamides is 1. The normalized spacial score (nSPS) is 11.1. The fraction of sp³-hybridized carbons (Fsp3) is 0.167. The van der Waals surface area contributed by atoms with Crippen LogP contribution in [-0.4, -0.2) is 30.7 Å². The third-order valence-electron chi connectivity index (χ3n) is 2.41. The first kappa shape index (κ1) is 15.5. The number of anilines is 2. The van der Waals surface area contributed by atoms with E-state index < -0.39 is 10.0 Å². The van der Waals surface area contributed by atoms with Crippen LogP contribution in [0.5, 0.6) is 5.75 Å². The molecule has 0 aliphatic carbocycles. The van der Waals surface area contributed by atoms with E-state index in [1.54, 1.807) is 24.3 Å². The minimum Gasteiger partial charge on any atom is -0.490 e. The summed E-state index contributed by atoms with van der Waals surface area (Å²) in [7, 11) is -3.56. The van der Waals surface area contributed by atoms with E-state index in [0.717, 1.165) is 0 Å². The number of nitrogens with one attached hydrogen (secondary N) is 1. The minimum atomic E-state index is -3.56. The predicted molar refractivity (Wildman–Crippen MR) is 83.5 cm³/mol. The Labute approximate surface area is 130 Å². The highest BCUT2D eigenvalue weighted by Gasteiger charge is 2.12. The highest BCUT2D eigenvalue weighted by molar-refractivity contribution is 9.10. The third-order valence-corrected chi connectivity index (χ3v) is 4.04. The Kier molecular flexibility index (Phi) is 4.97. The lowest BCUT2D eigenvalue weighted by Gasteiger charge is -2.10. The van der Waals surface area contributed by atoms with Crippen LogP contribution in [-0.2, 0) is 10.0 Å². The second-order valence-corrected chi connectivity index (χ2v) is 6.69. The van der Waals surface area contributed by atoms with Gasteiger partial charge in [-0.05, 0) is 28.1 Å². The van der Waals surface area contributed by atoms with Crippen molar-refractivity contribution in [2.75, 3.05) is 22.8 Å². The summed E-state index contributed by atoms with van der Waals surface area (Å²) in [6.07, 6.45) is 2.72. The van der Waals surface area contributed by atoms with Crippen LogP contribution in [0.1, 0.15) is 0 Å². The van der Waals surface area contributed by atoms with E-state index in [1.165, 1.54) is 12.4 Å². The van der Waals surface area contributed by atoms with E-state index in [-0.39, 0.29) is 18.2 Å². The van der Waals surface area contributed by atoms with Crippen LogP contribution in [0.25, 0.3) is 0 Å². The highest BCUT2D eigenvalue weighted by Crippen LogP contribution is 2.19. The van der Waals surface area contributed by atoms with Crippen molar-refractivity contribution in [3.05, 3.63) is 41.3 Å². The molecule has 1 aromatic carbocycles. The molecule has 1 heterocycles. The van der Waals surface area contributed by atoms with Crippen LogP contribution in [0.3, 0.4) is 0 Å². The van der Waals surface area contributed by atoms with E-state index in [9.17, 15) is 8.42 Å². The summed E-state index contributed by atoms with van der Waals surface area (Å²) in [5.74, 6) is 0.382. The van der Waals surface area contributed by atoms with E-state index in [1.807, 2.05) is 0 Å². The number of nitrogens with two attached hydrogens (primary N) is 1. The van der Waals surface area contributed by atoms with Crippen LogP contribution in [0, 0.1) is 0 Å². The van der Waals surface area contributed by atoms with Crippen LogP contribution in [0.15, 0.2) is 41.3 Å². The molecule has 21 heavy (non-hydrogen) atoms. The molecule has 1 aromatic heterocycles. The molecule has 0 saturated heterocycles.